The van der Waals surface area contributed by atoms with E-state index in [2.05, 4.69) is 10.2 Å². The van der Waals surface area contributed by atoms with Crippen molar-refractivity contribution in [2.45, 2.75) is 29.8 Å². The van der Waals surface area contributed by atoms with Crippen molar-refractivity contribution in [2.24, 2.45) is 0 Å². The maximum absolute atomic E-state index is 11.6. The molecule has 0 saturated heterocycles. The molecule has 100 valence electrons. The highest BCUT2D eigenvalue weighted by molar-refractivity contribution is 7.98. The molecule has 19 heavy (non-hydrogen) atoms. The highest BCUT2D eigenvalue weighted by atomic mass is 35.5. The first-order valence-corrected chi connectivity index (χ1v) is 7.35. The number of aromatic amines is 1. The average molecular weight is 297 g/mol. The number of halogens is 1. The molecule has 0 radical (unpaired) electrons. The second-order valence-corrected chi connectivity index (χ2v) is 5.86. The summed E-state index contributed by atoms with van der Waals surface area (Å²) < 4.78 is 1.72. The number of thioether (sulfide) groups is 1. The summed E-state index contributed by atoms with van der Waals surface area (Å²) in [4.78, 5) is 11.6. The fourth-order valence-corrected chi connectivity index (χ4v) is 3.32. The Labute approximate surface area is 119 Å². The zero-order chi connectivity index (χ0) is 13.4. The van der Waals surface area contributed by atoms with E-state index < -0.39 is 0 Å². The van der Waals surface area contributed by atoms with Crippen LogP contribution in [0.3, 0.4) is 0 Å². The van der Waals surface area contributed by atoms with Gasteiger partial charge in [0.1, 0.15) is 0 Å². The predicted octanol–water partition coefficient (Wildman–Crippen LogP) is 2.43. The van der Waals surface area contributed by atoms with Crippen molar-refractivity contribution < 1.29 is 0 Å². The average Bonchev–Trinajstić information content (AvgIpc) is 3.14. The van der Waals surface area contributed by atoms with Gasteiger partial charge in [-0.2, -0.15) is 0 Å². The molecule has 1 aromatic carbocycles. The lowest BCUT2D eigenvalue weighted by Crippen LogP contribution is -2.16. The molecular weight excluding hydrogens is 284 g/mol. The Kier molecular flexibility index (Phi) is 3.28. The summed E-state index contributed by atoms with van der Waals surface area (Å²) in [6.45, 7) is 0. The van der Waals surface area contributed by atoms with Crippen LogP contribution in [0.15, 0.2) is 28.2 Å². The van der Waals surface area contributed by atoms with Gasteiger partial charge < -0.3 is 5.73 Å². The highest BCUT2D eigenvalue weighted by Gasteiger charge is 2.28. The van der Waals surface area contributed by atoms with Crippen molar-refractivity contribution >= 4 is 29.1 Å². The number of nitrogens with zero attached hydrogens (tertiary/aromatic N) is 2. The molecule has 0 spiro atoms. The summed E-state index contributed by atoms with van der Waals surface area (Å²) in [7, 11) is 0. The first-order chi connectivity index (χ1) is 9.16. The van der Waals surface area contributed by atoms with Gasteiger partial charge in [0.15, 0.2) is 5.16 Å². The van der Waals surface area contributed by atoms with E-state index in [0.717, 1.165) is 18.4 Å². The van der Waals surface area contributed by atoms with Crippen molar-refractivity contribution in [2.75, 3.05) is 5.73 Å². The zero-order valence-electron chi connectivity index (χ0n) is 10.1. The molecule has 0 aliphatic heterocycles. The zero-order valence-corrected chi connectivity index (χ0v) is 11.7. The predicted molar refractivity (Wildman–Crippen MR) is 76.5 cm³/mol. The van der Waals surface area contributed by atoms with Crippen molar-refractivity contribution in [3.8, 4) is 0 Å². The van der Waals surface area contributed by atoms with Crippen molar-refractivity contribution in [1.82, 2.24) is 14.8 Å². The second kappa shape index (κ2) is 4.94. The first-order valence-electron chi connectivity index (χ1n) is 5.99. The summed E-state index contributed by atoms with van der Waals surface area (Å²) in [6, 6.07) is 5.75. The van der Waals surface area contributed by atoms with Crippen LogP contribution in [0.4, 0.5) is 5.69 Å². The number of nitrogens with two attached hydrogens (primary N) is 1. The molecule has 1 aliphatic rings. The van der Waals surface area contributed by atoms with Gasteiger partial charge in [-0.1, -0.05) is 29.4 Å². The minimum absolute atomic E-state index is 0.142. The van der Waals surface area contributed by atoms with Gasteiger partial charge in [0.25, 0.3) is 0 Å². The first kappa shape index (κ1) is 12.6. The largest absolute Gasteiger partial charge is 0.398 e. The highest BCUT2D eigenvalue weighted by Crippen LogP contribution is 2.37. The Morgan fingerprint density at radius 1 is 1.53 bits per heavy atom. The molecular formula is C12H13ClN4OS. The van der Waals surface area contributed by atoms with Gasteiger partial charge >= 0.3 is 5.69 Å². The minimum atomic E-state index is -0.142. The van der Waals surface area contributed by atoms with Gasteiger partial charge in [-0.3, -0.25) is 4.57 Å². The van der Waals surface area contributed by atoms with Crippen LogP contribution >= 0.6 is 23.4 Å². The number of hydrogen-bond donors (Lipinski definition) is 2. The molecule has 0 bridgehead atoms. The van der Waals surface area contributed by atoms with Crippen LogP contribution in [-0.2, 0) is 5.75 Å². The number of anilines is 1. The smallest absolute Gasteiger partial charge is 0.344 e. The third-order valence-electron chi connectivity index (χ3n) is 3.08. The molecule has 5 nitrogen and oxygen atoms in total. The van der Waals surface area contributed by atoms with Crippen molar-refractivity contribution in [1.29, 1.82) is 0 Å². The Bertz CT molecular complexity index is 642. The second-order valence-electron chi connectivity index (χ2n) is 4.51. The third-order valence-corrected chi connectivity index (χ3v) is 4.42. The van der Waals surface area contributed by atoms with E-state index in [1.807, 2.05) is 18.2 Å². The van der Waals surface area contributed by atoms with Crippen LogP contribution in [0, 0.1) is 0 Å². The molecule has 1 fully saturated rings. The fourth-order valence-electron chi connectivity index (χ4n) is 1.91. The molecule has 1 aromatic heterocycles. The molecule has 2 aromatic rings. The third kappa shape index (κ3) is 2.50. The van der Waals surface area contributed by atoms with Crippen LogP contribution in [0.5, 0.6) is 0 Å². The molecule has 3 N–H and O–H groups in total. The lowest BCUT2D eigenvalue weighted by Gasteiger charge is -2.07. The Hall–Kier alpha value is -1.40. The van der Waals surface area contributed by atoms with Gasteiger partial charge in [-0.15, -0.1) is 5.10 Å². The van der Waals surface area contributed by atoms with Crippen LogP contribution in [0.25, 0.3) is 0 Å². The summed E-state index contributed by atoms with van der Waals surface area (Å²) in [5.74, 6) is 0.600. The van der Waals surface area contributed by atoms with Gasteiger partial charge in [0.2, 0.25) is 0 Å². The van der Waals surface area contributed by atoms with Crippen LogP contribution in [-0.4, -0.2) is 14.8 Å². The monoisotopic (exact) mass is 296 g/mol. The number of nitrogens with one attached hydrogen (secondary N) is 1. The molecule has 1 heterocycles. The van der Waals surface area contributed by atoms with E-state index in [4.69, 9.17) is 17.3 Å². The molecule has 0 unspecified atom stereocenters. The number of nitrogen functional groups attached to an aromatic ring is 1. The topological polar surface area (TPSA) is 76.7 Å². The van der Waals surface area contributed by atoms with Gasteiger partial charge in [0.05, 0.1) is 0 Å². The lowest BCUT2D eigenvalue weighted by atomic mass is 10.2. The summed E-state index contributed by atoms with van der Waals surface area (Å²) in [5, 5.41) is 7.90. The summed E-state index contributed by atoms with van der Waals surface area (Å²) >= 11 is 7.60. The molecule has 3 rings (SSSR count). The summed E-state index contributed by atoms with van der Waals surface area (Å²) in [5.41, 5.74) is 7.31. The maximum atomic E-state index is 11.6. The summed E-state index contributed by atoms with van der Waals surface area (Å²) in [6.07, 6.45) is 2.09. The number of aromatic nitrogens is 3. The van der Waals surface area contributed by atoms with Crippen LogP contribution in [0.2, 0.25) is 5.02 Å². The van der Waals surface area contributed by atoms with Crippen LogP contribution in [0.1, 0.15) is 24.4 Å². The molecule has 1 aliphatic carbocycles. The lowest BCUT2D eigenvalue weighted by molar-refractivity contribution is 0.642. The van der Waals surface area contributed by atoms with Gasteiger partial charge in [-0.25, -0.2) is 9.89 Å². The molecule has 1 saturated carbocycles. The van der Waals surface area contributed by atoms with Gasteiger partial charge in [-0.05, 0) is 25.0 Å². The van der Waals surface area contributed by atoms with Crippen LogP contribution < -0.4 is 11.4 Å². The number of hydrogen-bond acceptors (Lipinski definition) is 4. The molecule has 0 amide bonds. The van der Waals surface area contributed by atoms with E-state index in [9.17, 15) is 4.79 Å². The molecule has 7 heteroatoms. The Morgan fingerprint density at radius 3 is 3.00 bits per heavy atom. The molecule has 0 atom stereocenters. The number of rotatable bonds is 4. The van der Waals surface area contributed by atoms with Crippen molar-refractivity contribution in [3.05, 3.63) is 39.3 Å². The van der Waals surface area contributed by atoms with E-state index in [1.165, 1.54) is 11.8 Å². The van der Waals surface area contributed by atoms with E-state index >= 15 is 0 Å². The fraction of sp³-hybridized carbons (Fsp3) is 0.333. The van der Waals surface area contributed by atoms with E-state index in [-0.39, 0.29) is 5.69 Å². The van der Waals surface area contributed by atoms with Crippen molar-refractivity contribution in [3.63, 3.8) is 0 Å². The normalized spacial score (nSPS) is 14.8. The van der Waals surface area contributed by atoms with Gasteiger partial charge in [0, 0.05) is 28.1 Å². The number of benzene rings is 1. The maximum Gasteiger partial charge on any atom is 0.344 e. The quantitative estimate of drug-likeness (QED) is 0.671. The van der Waals surface area contributed by atoms with E-state index in [0.29, 0.717) is 27.7 Å². The van der Waals surface area contributed by atoms with E-state index in [1.54, 1.807) is 4.57 Å². The number of H-pyrrole nitrogens is 1. The minimum Gasteiger partial charge on any atom is -0.398 e. The Balaban J connectivity index is 1.81. The Morgan fingerprint density at radius 2 is 2.32 bits per heavy atom. The standard InChI is InChI=1S/C12H13ClN4OS/c13-9-2-1-3-10(14)8(9)6-19-12-16-15-11(18)17(12)7-4-5-7/h1-3,7H,4-6,14H2,(H,15,18). The SMILES string of the molecule is Nc1cccc(Cl)c1CSc1n[nH]c(=O)n1C1CC1.